The first kappa shape index (κ1) is 13.5. The van der Waals surface area contributed by atoms with Gasteiger partial charge < -0.3 is 9.67 Å². The monoisotopic (exact) mass is 280 g/mol. The summed E-state index contributed by atoms with van der Waals surface area (Å²) < 4.78 is 1.81. The molecule has 0 fully saturated rings. The number of benzene rings is 2. The van der Waals surface area contributed by atoms with Gasteiger partial charge in [0.05, 0.1) is 17.1 Å². The van der Waals surface area contributed by atoms with Gasteiger partial charge in [0.25, 0.3) is 0 Å². The van der Waals surface area contributed by atoms with Gasteiger partial charge in [0, 0.05) is 5.56 Å². The largest absolute Gasteiger partial charge is 0.388 e. The van der Waals surface area contributed by atoms with Gasteiger partial charge in [-0.15, -0.1) is 0 Å². The molecule has 0 aliphatic rings. The highest BCUT2D eigenvalue weighted by Crippen LogP contribution is 2.23. The fourth-order valence-electron chi connectivity index (χ4n) is 2.60. The van der Waals surface area contributed by atoms with Gasteiger partial charge in [0.1, 0.15) is 12.4 Å². The highest BCUT2D eigenvalue weighted by Gasteiger charge is 2.21. The number of aromatic nitrogens is 2. The summed E-state index contributed by atoms with van der Waals surface area (Å²) in [5, 5.41) is 9.53. The molecule has 4 nitrogen and oxygen atoms in total. The van der Waals surface area contributed by atoms with Crippen molar-refractivity contribution < 1.29 is 9.90 Å². The number of hydrogen-bond acceptors (Lipinski definition) is 3. The second-order valence-electron chi connectivity index (χ2n) is 4.95. The highest BCUT2D eigenvalue weighted by molar-refractivity contribution is 5.99. The minimum Gasteiger partial charge on any atom is -0.388 e. The Morgan fingerprint density at radius 3 is 2.52 bits per heavy atom. The van der Waals surface area contributed by atoms with Crippen molar-refractivity contribution in [3.8, 4) is 0 Å². The number of aliphatic hydroxyl groups excluding tert-OH is 1. The minimum absolute atomic E-state index is 0.00783. The van der Waals surface area contributed by atoms with Crippen molar-refractivity contribution in [1.29, 1.82) is 0 Å². The van der Waals surface area contributed by atoms with Gasteiger partial charge >= 0.3 is 0 Å². The third kappa shape index (κ3) is 2.34. The number of ketones is 1. The molecule has 1 atom stereocenters. The van der Waals surface area contributed by atoms with Crippen molar-refractivity contribution in [1.82, 2.24) is 9.55 Å². The summed E-state index contributed by atoms with van der Waals surface area (Å²) in [6, 6.07) is 16.4. The van der Waals surface area contributed by atoms with Crippen LogP contribution < -0.4 is 0 Å². The van der Waals surface area contributed by atoms with E-state index in [9.17, 15) is 9.90 Å². The third-order valence-corrected chi connectivity index (χ3v) is 3.64. The van der Waals surface area contributed by atoms with Crippen molar-refractivity contribution in [2.75, 3.05) is 0 Å². The van der Waals surface area contributed by atoms with Crippen LogP contribution in [0.2, 0.25) is 0 Å². The molecule has 21 heavy (non-hydrogen) atoms. The Balaban J connectivity index is 2.09. The zero-order valence-corrected chi connectivity index (χ0v) is 11.7. The van der Waals surface area contributed by atoms with E-state index in [1.807, 2.05) is 54.0 Å². The van der Waals surface area contributed by atoms with Gasteiger partial charge in [-0.1, -0.05) is 42.5 Å². The van der Waals surface area contributed by atoms with Crippen LogP contribution in [0, 0.1) is 0 Å². The molecule has 106 valence electrons. The first-order valence-corrected chi connectivity index (χ1v) is 6.88. The molecule has 1 N–H and O–H groups in total. The van der Waals surface area contributed by atoms with E-state index in [2.05, 4.69) is 4.98 Å². The minimum atomic E-state index is -0.415. The number of para-hydroxylation sites is 2. The lowest BCUT2D eigenvalue weighted by molar-refractivity contribution is 0.0933. The Morgan fingerprint density at radius 1 is 1.14 bits per heavy atom. The van der Waals surface area contributed by atoms with E-state index in [4.69, 9.17) is 0 Å². The first-order chi connectivity index (χ1) is 10.2. The number of carbonyl (C=O) groups is 1. The average molecular weight is 280 g/mol. The maximum absolute atomic E-state index is 12.6. The molecule has 1 heterocycles. The number of rotatable bonds is 4. The summed E-state index contributed by atoms with van der Waals surface area (Å²) in [4.78, 5) is 17.0. The van der Waals surface area contributed by atoms with Gasteiger partial charge in [0.2, 0.25) is 0 Å². The van der Waals surface area contributed by atoms with Crippen LogP contribution in [0.25, 0.3) is 11.0 Å². The fourth-order valence-corrected chi connectivity index (χ4v) is 2.60. The van der Waals surface area contributed by atoms with Crippen molar-refractivity contribution >= 4 is 16.8 Å². The lowest BCUT2D eigenvalue weighted by Gasteiger charge is -2.16. The second kappa shape index (κ2) is 5.50. The predicted octanol–water partition coefficient (Wildman–Crippen LogP) is 2.97. The SMILES string of the molecule is CC(C(=O)c1ccccc1)n1c(CO)nc2ccccc21. The fraction of sp³-hybridized carbons (Fsp3) is 0.176. The van der Waals surface area contributed by atoms with Crippen molar-refractivity contribution in [3.05, 3.63) is 66.0 Å². The van der Waals surface area contributed by atoms with Crippen LogP contribution in [-0.2, 0) is 6.61 Å². The van der Waals surface area contributed by atoms with E-state index in [0.29, 0.717) is 11.4 Å². The maximum atomic E-state index is 12.6. The highest BCUT2D eigenvalue weighted by atomic mass is 16.3. The molecule has 1 aromatic heterocycles. The molecule has 1 unspecified atom stereocenters. The zero-order valence-electron chi connectivity index (χ0n) is 11.7. The number of fused-ring (bicyclic) bond motifs is 1. The van der Waals surface area contributed by atoms with E-state index in [1.54, 1.807) is 12.1 Å². The molecular weight excluding hydrogens is 264 g/mol. The quantitative estimate of drug-likeness (QED) is 0.747. The van der Waals surface area contributed by atoms with Gasteiger partial charge in [-0.25, -0.2) is 4.98 Å². The van der Waals surface area contributed by atoms with Crippen LogP contribution >= 0.6 is 0 Å². The molecule has 0 aliphatic carbocycles. The molecule has 3 rings (SSSR count). The Bertz CT molecular complexity index is 778. The Hall–Kier alpha value is -2.46. The number of imidazole rings is 1. The summed E-state index contributed by atoms with van der Waals surface area (Å²) >= 11 is 0. The standard InChI is InChI=1S/C17H16N2O2/c1-12(17(21)13-7-3-2-4-8-13)19-15-10-6-5-9-14(15)18-16(19)11-20/h2-10,12,20H,11H2,1H3. The molecule has 4 heteroatoms. The molecular formula is C17H16N2O2. The normalized spacial score (nSPS) is 12.5. The zero-order chi connectivity index (χ0) is 14.8. The molecule has 0 bridgehead atoms. The molecule has 0 saturated heterocycles. The molecule has 3 aromatic rings. The van der Waals surface area contributed by atoms with Gasteiger partial charge in [-0.05, 0) is 19.1 Å². The molecule has 2 aromatic carbocycles. The Labute approximate surface area is 122 Å². The van der Waals surface area contributed by atoms with Gasteiger partial charge in [-0.2, -0.15) is 0 Å². The molecule has 0 saturated carbocycles. The first-order valence-electron chi connectivity index (χ1n) is 6.88. The average Bonchev–Trinajstić information content (AvgIpc) is 2.92. The number of carbonyl (C=O) groups excluding carboxylic acids is 1. The van der Waals surface area contributed by atoms with Crippen molar-refractivity contribution in [2.45, 2.75) is 19.6 Å². The smallest absolute Gasteiger partial charge is 0.185 e. The van der Waals surface area contributed by atoms with Crippen LogP contribution in [-0.4, -0.2) is 20.4 Å². The number of aliphatic hydroxyl groups is 1. The van der Waals surface area contributed by atoms with E-state index in [0.717, 1.165) is 11.0 Å². The second-order valence-corrected chi connectivity index (χ2v) is 4.95. The number of Topliss-reactive ketones (excluding diaryl/α,β-unsaturated/α-hetero) is 1. The van der Waals surface area contributed by atoms with Crippen LogP contribution in [0.1, 0.15) is 29.1 Å². The van der Waals surface area contributed by atoms with E-state index in [-0.39, 0.29) is 12.4 Å². The summed E-state index contributed by atoms with van der Waals surface area (Å²) in [5.74, 6) is 0.515. The van der Waals surface area contributed by atoms with Crippen LogP contribution in [0.3, 0.4) is 0 Å². The van der Waals surface area contributed by atoms with Crippen LogP contribution in [0.5, 0.6) is 0 Å². The molecule has 0 radical (unpaired) electrons. The Morgan fingerprint density at radius 2 is 1.81 bits per heavy atom. The molecule has 0 aliphatic heterocycles. The van der Waals surface area contributed by atoms with Crippen LogP contribution in [0.15, 0.2) is 54.6 Å². The topological polar surface area (TPSA) is 55.1 Å². The molecule has 0 spiro atoms. The van der Waals surface area contributed by atoms with Crippen molar-refractivity contribution in [3.63, 3.8) is 0 Å². The number of hydrogen-bond donors (Lipinski definition) is 1. The van der Waals surface area contributed by atoms with Crippen molar-refractivity contribution in [2.24, 2.45) is 0 Å². The van der Waals surface area contributed by atoms with Gasteiger partial charge in [0.15, 0.2) is 5.78 Å². The number of nitrogens with zero attached hydrogens (tertiary/aromatic N) is 2. The maximum Gasteiger partial charge on any atom is 0.185 e. The van der Waals surface area contributed by atoms with Gasteiger partial charge in [-0.3, -0.25) is 4.79 Å². The lowest BCUT2D eigenvalue weighted by atomic mass is 10.1. The summed E-state index contributed by atoms with van der Waals surface area (Å²) in [6.07, 6.45) is 0. The molecule has 0 amide bonds. The summed E-state index contributed by atoms with van der Waals surface area (Å²) in [6.45, 7) is 1.64. The van der Waals surface area contributed by atoms with Crippen LogP contribution in [0.4, 0.5) is 0 Å². The third-order valence-electron chi connectivity index (χ3n) is 3.64. The summed E-state index contributed by atoms with van der Waals surface area (Å²) in [7, 11) is 0. The lowest BCUT2D eigenvalue weighted by Crippen LogP contribution is -2.19. The van der Waals surface area contributed by atoms with E-state index < -0.39 is 6.04 Å². The Kier molecular flexibility index (Phi) is 3.54. The summed E-state index contributed by atoms with van der Waals surface area (Å²) in [5.41, 5.74) is 2.30. The predicted molar refractivity (Wildman–Crippen MR) is 81.1 cm³/mol. The van der Waals surface area contributed by atoms with E-state index >= 15 is 0 Å². The van der Waals surface area contributed by atoms with E-state index in [1.165, 1.54) is 0 Å².